The molecule has 0 aromatic carbocycles. The van der Waals surface area contributed by atoms with Crippen LogP contribution in [0.25, 0.3) is 11.2 Å². The molecular formula is C13H16N6O5. The van der Waals surface area contributed by atoms with E-state index in [1.807, 2.05) is 0 Å². The van der Waals surface area contributed by atoms with Gasteiger partial charge in [0.2, 0.25) is 5.95 Å². The molecule has 2 atom stereocenters. The number of aromatic nitrogens is 4. The molecule has 0 bridgehead atoms. The molecule has 24 heavy (non-hydrogen) atoms. The van der Waals surface area contributed by atoms with Crippen LogP contribution >= 0.6 is 0 Å². The Hall–Kier alpha value is -2.50. The fraction of sp³-hybridized carbons (Fsp3) is 0.538. The first-order chi connectivity index (χ1) is 11.6. The van der Waals surface area contributed by atoms with Crippen LogP contribution in [0, 0.1) is 0 Å². The third-order valence-electron chi connectivity index (χ3n) is 3.96. The normalized spacial score (nSPS) is 23.7. The molecule has 2 aliphatic rings. The first-order valence-electron chi connectivity index (χ1n) is 7.48. The van der Waals surface area contributed by atoms with Crippen LogP contribution in [-0.2, 0) is 9.47 Å². The van der Waals surface area contributed by atoms with Gasteiger partial charge in [-0.3, -0.25) is 9.47 Å². The van der Waals surface area contributed by atoms with Gasteiger partial charge in [0.15, 0.2) is 29.5 Å². The van der Waals surface area contributed by atoms with E-state index >= 15 is 0 Å². The Morgan fingerprint density at radius 2 is 2.25 bits per heavy atom. The summed E-state index contributed by atoms with van der Waals surface area (Å²) in [6, 6.07) is -0.116. The van der Waals surface area contributed by atoms with Crippen molar-refractivity contribution in [3.05, 3.63) is 6.33 Å². The van der Waals surface area contributed by atoms with Gasteiger partial charge in [0, 0.05) is 6.04 Å². The fourth-order valence-electron chi connectivity index (χ4n) is 2.73. The summed E-state index contributed by atoms with van der Waals surface area (Å²) >= 11 is 0. The SMILES string of the molecule is Nc1nc(N(C(=O)O)C2CC2)c2ncn(C3COC(CO)O3)c2n1. The van der Waals surface area contributed by atoms with Crippen LogP contribution in [0.3, 0.4) is 0 Å². The van der Waals surface area contributed by atoms with Gasteiger partial charge in [-0.05, 0) is 12.8 Å². The minimum Gasteiger partial charge on any atom is -0.465 e. The molecule has 3 heterocycles. The maximum Gasteiger partial charge on any atom is 0.413 e. The number of imidazole rings is 1. The minimum atomic E-state index is -1.10. The monoisotopic (exact) mass is 336 g/mol. The maximum absolute atomic E-state index is 11.6. The van der Waals surface area contributed by atoms with Crippen molar-refractivity contribution in [1.29, 1.82) is 0 Å². The van der Waals surface area contributed by atoms with Crippen molar-refractivity contribution in [1.82, 2.24) is 19.5 Å². The molecule has 1 aliphatic heterocycles. The van der Waals surface area contributed by atoms with Gasteiger partial charge in [0.1, 0.15) is 0 Å². The summed E-state index contributed by atoms with van der Waals surface area (Å²) < 4.78 is 12.4. The van der Waals surface area contributed by atoms with Gasteiger partial charge in [0.25, 0.3) is 0 Å². The highest BCUT2D eigenvalue weighted by molar-refractivity contribution is 5.96. The highest BCUT2D eigenvalue weighted by atomic mass is 16.7. The summed E-state index contributed by atoms with van der Waals surface area (Å²) in [6.45, 7) is -0.0544. The largest absolute Gasteiger partial charge is 0.465 e. The number of nitrogens with two attached hydrogens (primary N) is 1. The number of hydrogen-bond acceptors (Lipinski definition) is 8. The van der Waals surface area contributed by atoms with Gasteiger partial charge in [-0.15, -0.1) is 0 Å². The average molecular weight is 336 g/mol. The average Bonchev–Trinajstić information content (AvgIpc) is 3.10. The molecule has 11 heteroatoms. The molecule has 4 rings (SSSR count). The Morgan fingerprint density at radius 1 is 1.46 bits per heavy atom. The number of carbonyl (C=O) groups is 1. The Morgan fingerprint density at radius 3 is 2.88 bits per heavy atom. The van der Waals surface area contributed by atoms with E-state index in [4.69, 9.17) is 20.3 Å². The second kappa shape index (κ2) is 5.54. The molecular weight excluding hydrogens is 320 g/mol. The van der Waals surface area contributed by atoms with Gasteiger partial charge in [-0.2, -0.15) is 9.97 Å². The topological polar surface area (TPSA) is 149 Å². The van der Waals surface area contributed by atoms with E-state index in [2.05, 4.69) is 15.0 Å². The number of ether oxygens (including phenoxy) is 2. The standard InChI is InChI=1S/C13H16N6O5/c14-12-16-10-9(11(17-12)19(13(21)22)6-1-2-6)15-5-18(10)7-4-23-8(3-20)24-7/h5-8,20H,1-4H2,(H,21,22)(H2,14,16,17). The van der Waals surface area contributed by atoms with Crippen molar-refractivity contribution < 1.29 is 24.5 Å². The highest BCUT2D eigenvalue weighted by Crippen LogP contribution is 2.35. The number of aliphatic hydroxyl groups is 1. The summed E-state index contributed by atoms with van der Waals surface area (Å²) in [5.41, 5.74) is 6.45. The molecule has 4 N–H and O–H groups in total. The van der Waals surface area contributed by atoms with Gasteiger partial charge >= 0.3 is 6.09 Å². The van der Waals surface area contributed by atoms with Gasteiger partial charge < -0.3 is 25.4 Å². The van der Waals surface area contributed by atoms with E-state index in [1.165, 1.54) is 11.2 Å². The van der Waals surface area contributed by atoms with Crippen LogP contribution in [0.1, 0.15) is 19.1 Å². The summed E-state index contributed by atoms with van der Waals surface area (Å²) in [6.07, 6.45) is 0.670. The molecule has 2 aromatic rings. The Bertz CT molecular complexity index is 790. The van der Waals surface area contributed by atoms with Gasteiger partial charge in [0.05, 0.1) is 19.5 Å². The Labute approximate surface area is 135 Å². The summed E-state index contributed by atoms with van der Waals surface area (Å²) in [5.74, 6) is 0.118. The van der Waals surface area contributed by atoms with Crippen molar-refractivity contribution in [2.45, 2.75) is 31.4 Å². The van der Waals surface area contributed by atoms with Crippen molar-refractivity contribution in [2.24, 2.45) is 0 Å². The van der Waals surface area contributed by atoms with Crippen molar-refractivity contribution >= 4 is 29.0 Å². The van der Waals surface area contributed by atoms with E-state index in [-0.39, 0.29) is 31.0 Å². The van der Waals surface area contributed by atoms with Crippen LogP contribution in [0.2, 0.25) is 0 Å². The van der Waals surface area contributed by atoms with E-state index in [0.717, 1.165) is 12.8 Å². The molecule has 1 saturated carbocycles. The van der Waals surface area contributed by atoms with E-state index < -0.39 is 18.6 Å². The van der Waals surface area contributed by atoms with E-state index in [9.17, 15) is 9.90 Å². The summed E-state index contributed by atoms with van der Waals surface area (Å²) in [7, 11) is 0. The van der Waals surface area contributed by atoms with E-state index in [0.29, 0.717) is 11.2 Å². The Balaban J connectivity index is 1.78. The second-order valence-electron chi connectivity index (χ2n) is 5.65. The lowest BCUT2D eigenvalue weighted by Crippen LogP contribution is -2.32. The van der Waals surface area contributed by atoms with Crippen LogP contribution in [0.15, 0.2) is 6.33 Å². The predicted molar refractivity (Wildman–Crippen MR) is 80.2 cm³/mol. The quantitative estimate of drug-likeness (QED) is 0.696. The van der Waals surface area contributed by atoms with Crippen LogP contribution in [0.5, 0.6) is 0 Å². The third-order valence-corrected chi connectivity index (χ3v) is 3.96. The molecule has 0 spiro atoms. The maximum atomic E-state index is 11.6. The van der Waals surface area contributed by atoms with Crippen molar-refractivity contribution in [2.75, 3.05) is 23.8 Å². The van der Waals surface area contributed by atoms with Crippen LogP contribution in [-0.4, -0.2) is 61.4 Å². The number of carboxylic acid groups (broad SMARTS) is 1. The lowest BCUT2D eigenvalue weighted by molar-refractivity contribution is -0.0980. The molecule has 2 aromatic heterocycles. The molecule has 1 saturated heterocycles. The first-order valence-corrected chi connectivity index (χ1v) is 7.48. The molecule has 2 fully saturated rings. The lowest BCUT2D eigenvalue weighted by Gasteiger charge is -2.18. The van der Waals surface area contributed by atoms with Gasteiger partial charge in [-0.1, -0.05) is 0 Å². The number of nitrogen functional groups attached to an aromatic ring is 1. The molecule has 1 amide bonds. The lowest BCUT2D eigenvalue weighted by atomic mass is 10.4. The van der Waals surface area contributed by atoms with E-state index in [1.54, 1.807) is 4.57 Å². The smallest absolute Gasteiger partial charge is 0.413 e. The molecule has 128 valence electrons. The predicted octanol–water partition coefficient (Wildman–Crippen LogP) is -0.0809. The second-order valence-corrected chi connectivity index (χ2v) is 5.65. The van der Waals surface area contributed by atoms with Crippen molar-refractivity contribution in [3.8, 4) is 0 Å². The summed E-state index contributed by atoms with van der Waals surface area (Å²) in [5, 5.41) is 18.6. The zero-order valence-corrected chi connectivity index (χ0v) is 12.6. The number of nitrogens with zero attached hydrogens (tertiary/aromatic N) is 5. The minimum absolute atomic E-state index is 0.0521. The number of fused-ring (bicyclic) bond motifs is 1. The number of hydrogen-bond donors (Lipinski definition) is 3. The number of aliphatic hydroxyl groups excluding tert-OH is 1. The van der Waals surface area contributed by atoms with Crippen LogP contribution < -0.4 is 10.6 Å². The summed E-state index contributed by atoms with van der Waals surface area (Å²) in [4.78, 5) is 25.3. The number of amides is 1. The van der Waals surface area contributed by atoms with Gasteiger partial charge in [-0.25, -0.2) is 9.78 Å². The molecule has 2 unspecified atom stereocenters. The van der Waals surface area contributed by atoms with Crippen LogP contribution in [0.4, 0.5) is 16.6 Å². The zero-order valence-electron chi connectivity index (χ0n) is 12.6. The first kappa shape index (κ1) is 15.1. The highest BCUT2D eigenvalue weighted by Gasteiger charge is 2.37. The number of anilines is 2. The molecule has 0 radical (unpaired) electrons. The van der Waals surface area contributed by atoms with Crippen molar-refractivity contribution in [3.63, 3.8) is 0 Å². The molecule has 11 nitrogen and oxygen atoms in total. The molecule has 1 aliphatic carbocycles. The fourth-order valence-corrected chi connectivity index (χ4v) is 2.73. The third kappa shape index (κ3) is 2.42. The Kier molecular flexibility index (Phi) is 3.48. The zero-order chi connectivity index (χ0) is 16.8. The number of rotatable bonds is 4.